The zero-order chi connectivity index (χ0) is 61.9. The van der Waals surface area contributed by atoms with Crippen molar-refractivity contribution in [1.29, 1.82) is 0 Å². The topological polar surface area (TPSA) is 246 Å². The number of cyclic esters (lactones) is 2. The van der Waals surface area contributed by atoms with Crippen LogP contribution in [0.5, 0.6) is 17.2 Å². The number of methoxy groups -OCH3 is 2. The number of hydrogen-bond donors (Lipinski definition) is 2. The molecule has 2 bridgehead atoms. The van der Waals surface area contributed by atoms with Crippen molar-refractivity contribution in [2.45, 2.75) is 136 Å². The largest absolute Gasteiger partial charge is 0.493 e. The first-order valence-electron chi connectivity index (χ1n) is 28.6. The number of benzene rings is 3. The van der Waals surface area contributed by atoms with E-state index in [9.17, 15) is 43.2 Å². The fourth-order valence-corrected chi connectivity index (χ4v) is 9.58. The number of Topliss-reactive ketones (excluding diaryl/α,β-unsaturated/α-hetero) is 1. The lowest BCUT2D eigenvalue weighted by Crippen LogP contribution is -2.59. The Hall–Kier alpha value is -7.81. The zero-order valence-electron chi connectivity index (χ0n) is 50.9. The first-order valence-corrected chi connectivity index (χ1v) is 28.6. The summed E-state index contributed by atoms with van der Waals surface area (Å²) in [6, 6.07) is 16.5. The van der Waals surface area contributed by atoms with Crippen molar-refractivity contribution in [1.82, 2.24) is 30.2 Å². The van der Waals surface area contributed by atoms with Gasteiger partial charge in [-0.2, -0.15) is 0 Å². The molecule has 5 rings (SSSR count). The summed E-state index contributed by atoms with van der Waals surface area (Å²) in [6.45, 7) is 10.6. The van der Waals surface area contributed by atoms with Gasteiger partial charge in [-0.05, 0) is 126 Å². The molecule has 1 fully saturated rings. The minimum Gasteiger partial charge on any atom is -0.493 e. The molecular weight excluding hydrogens is 1080 g/mol. The van der Waals surface area contributed by atoms with Gasteiger partial charge in [0.2, 0.25) is 29.4 Å². The summed E-state index contributed by atoms with van der Waals surface area (Å²) in [5.41, 5.74) is -0.174. The first-order chi connectivity index (χ1) is 39.7. The van der Waals surface area contributed by atoms with E-state index in [0.717, 1.165) is 22.1 Å². The molecule has 3 aromatic carbocycles. The predicted molar refractivity (Wildman–Crippen MR) is 312 cm³/mol. The average Bonchev–Trinajstić information content (AvgIpc) is 3.57. The van der Waals surface area contributed by atoms with Crippen LogP contribution in [0.3, 0.4) is 0 Å². The molecule has 0 radical (unpaired) electrons. The number of nitrogens with zero attached hydrogens (tertiary/aromatic N) is 4. The molecule has 0 aliphatic carbocycles. The number of hydrogen-bond acceptors (Lipinski definition) is 15. The Labute approximate surface area is 494 Å². The van der Waals surface area contributed by atoms with E-state index in [0.29, 0.717) is 36.3 Å². The maximum Gasteiger partial charge on any atom is 0.330 e. The molecular formula is C63H86N6O15. The summed E-state index contributed by atoms with van der Waals surface area (Å²) in [6.07, 6.45) is 4.12. The van der Waals surface area contributed by atoms with Crippen LogP contribution in [0.15, 0.2) is 84.9 Å². The van der Waals surface area contributed by atoms with Gasteiger partial charge in [-0.1, -0.05) is 68.5 Å². The van der Waals surface area contributed by atoms with Gasteiger partial charge in [0, 0.05) is 46.7 Å². The summed E-state index contributed by atoms with van der Waals surface area (Å²) >= 11 is 0. The van der Waals surface area contributed by atoms with Crippen LogP contribution in [0.1, 0.15) is 110 Å². The molecule has 2 heterocycles. The molecule has 458 valence electrons. The molecule has 5 atom stereocenters. The van der Waals surface area contributed by atoms with E-state index in [1.54, 1.807) is 70.3 Å². The highest BCUT2D eigenvalue weighted by Crippen LogP contribution is 2.33. The minimum atomic E-state index is -1.50. The molecule has 3 aromatic rings. The Kier molecular flexibility index (Phi) is 24.9. The lowest BCUT2D eigenvalue weighted by molar-refractivity contribution is -0.165. The van der Waals surface area contributed by atoms with E-state index < -0.39 is 114 Å². The highest BCUT2D eigenvalue weighted by Gasteiger charge is 2.43. The van der Waals surface area contributed by atoms with Crippen molar-refractivity contribution in [3.63, 3.8) is 0 Å². The van der Waals surface area contributed by atoms with Gasteiger partial charge in [-0.3, -0.25) is 33.6 Å². The molecule has 2 aliphatic heterocycles. The molecule has 0 spiro atoms. The third-order valence-electron chi connectivity index (χ3n) is 14.5. The maximum atomic E-state index is 14.6. The summed E-state index contributed by atoms with van der Waals surface area (Å²) in [5.74, 6) is -5.16. The van der Waals surface area contributed by atoms with E-state index in [1.807, 2.05) is 44.2 Å². The van der Waals surface area contributed by atoms with Gasteiger partial charge in [-0.25, -0.2) is 9.59 Å². The van der Waals surface area contributed by atoms with Crippen LogP contribution in [-0.4, -0.2) is 177 Å². The standard InChI is InChI=1S/C63H86N6O15/c1-41(2)33-46-59(76)68(10)49(38-83-62(3,4)5)57(74)65-47(34-42-21-14-13-15-22-42)58(75)66(8)31-18-17-26-55(72)82-40-63(6,7)56(73)60(77)69-32-19-16-25-48(69)61(78)84-50(29-27-43-28-30-51(79-11)52(35-43)80-12)44-23-20-24-45(36-44)81-39-54(71)67(9)37-53(70)64-46/h13-15,17,20-24,26,28,30,35-36,41,46-50H,16,18-19,25,27,29,31-34,37-40H2,1-12H3,(H,64,70)(H,65,74)/t46-,47-,48+,49+,50-/m1/s1. The van der Waals surface area contributed by atoms with Crippen molar-refractivity contribution < 1.29 is 71.6 Å². The molecule has 0 aromatic heterocycles. The number of nitrogens with one attached hydrogen (secondary N) is 2. The number of ketones is 1. The fraction of sp³-hybridized carbons (Fsp3) is 0.540. The van der Waals surface area contributed by atoms with Gasteiger partial charge >= 0.3 is 11.9 Å². The van der Waals surface area contributed by atoms with E-state index in [1.165, 1.54) is 62.9 Å². The first kappa shape index (κ1) is 67.0. The fourth-order valence-electron chi connectivity index (χ4n) is 9.58. The van der Waals surface area contributed by atoms with Gasteiger partial charge in [0.15, 0.2) is 18.1 Å². The number of ether oxygens (including phenoxy) is 6. The summed E-state index contributed by atoms with van der Waals surface area (Å²) in [7, 11) is 7.45. The lowest BCUT2D eigenvalue weighted by atomic mass is 9.87. The number of carbonyl (C=O) groups excluding carboxylic acids is 9. The Bertz CT molecular complexity index is 2810. The third-order valence-corrected chi connectivity index (χ3v) is 14.5. The number of esters is 2. The molecule has 2 aliphatic rings. The van der Waals surface area contributed by atoms with Gasteiger partial charge in [0.05, 0.1) is 38.4 Å². The Morgan fingerprint density at radius 2 is 1.48 bits per heavy atom. The summed E-state index contributed by atoms with van der Waals surface area (Å²) in [5, 5.41) is 5.68. The minimum absolute atomic E-state index is 0.0841. The van der Waals surface area contributed by atoms with Crippen LogP contribution in [0.25, 0.3) is 0 Å². The normalized spacial score (nSPS) is 22.1. The Balaban J connectivity index is 1.48. The second-order valence-corrected chi connectivity index (χ2v) is 23.4. The number of rotatable bonds is 11. The van der Waals surface area contributed by atoms with Crippen LogP contribution in [0, 0.1) is 11.3 Å². The van der Waals surface area contributed by atoms with Crippen molar-refractivity contribution in [3.8, 4) is 17.2 Å². The Morgan fingerprint density at radius 3 is 2.15 bits per heavy atom. The van der Waals surface area contributed by atoms with E-state index in [4.69, 9.17) is 28.4 Å². The predicted octanol–water partition coefficient (Wildman–Crippen LogP) is 5.60. The highest BCUT2D eigenvalue weighted by atomic mass is 16.5. The van der Waals surface area contributed by atoms with E-state index in [2.05, 4.69) is 10.6 Å². The molecule has 6 amide bonds. The summed E-state index contributed by atoms with van der Waals surface area (Å²) < 4.78 is 34.9. The average molecular weight is 1170 g/mol. The van der Waals surface area contributed by atoms with Crippen LogP contribution in [-0.2, 0) is 70.2 Å². The SMILES string of the molecule is COc1ccc(CC[C@H]2OC(=O)[C@@H]3CCCCN3C(=O)C(=O)C(C)(C)COC(=O)C=CCCN(C)C(=O)[C@@H](Cc3ccccc3)NC(=O)[C@H](COC(C)(C)C)N(C)C(=O)[C@@H](CC(C)C)NC(=O)CN(C)C(=O)COc3cccc2c3)cc1OC. The number of likely N-dealkylation sites (N-methyl/N-ethyl adjacent to an activating group) is 3. The third kappa shape index (κ3) is 19.9. The number of amides is 6. The van der Waals surface area contributed by atoms with Crippen molar-refractivity contribution >= 4 is 53.2 Å². The Morgan fingerprint density at radius 1 is 0.762 bits per heavy atom. The van der Waals surface area contributed by atoms with Crippen LogP contribution < -0.4 is 24.8 Å². The molecule has 84 heavy (non-hydrogen) atoms. The molecule has 1 saturated heterocycles. The maximum absolute atomic E-state index is 14.6. The molecule has 2 N–H and O–H groups in total. The monoisotopic (exact) mass is 1170 g/mol. The van der Waals surface area contributed by atoms with Gasteiger partial charge in [0.1, 0.15) is 42.6 Å². The van der Waals surface area contributed by atoms with Gasteiger partial charge < -0.3 is 58.7 Å². The van der Waals surface area contributed by atoms with Crippen molar-refractivity contribution in [2.24, 2.45) is 11.3 Å². The molecule has 0 saturated carbocycles. The van der Waals surface area contributed by atoms with Crippen LogP contribution in [0.4, 0.5) is 0 Å². The lowest BCUT2D eigenvalue weighted by Gasteiger charge is -2.36. The quantitative estimate of drug-likeness (QED) is 0.175. The second kappa shape index (κ2) is 31.2. The van der Waals surface area contributed by atoms with E-state index >= 15 is 0 Å². The van der Waals surface area contributed by atoms with Crippen molar-refractivity contribution in [2.75, 3.05) is 74.8 Å². The summed E-state index contributed by atoms with van der Waals surface area (Å²) in [4.78, 5) is 132. The number of carbonyl (C=O) groups is 9. The van der Waals surface area contributed by atoms with E-state index in [-0.39, 0.29) is 63.5 Å². The molecule has 0 unspecified atom stereocenters. The zero-order valence-corrected chi connectivity index (χ0v) is 50.9. The van der Waals surface area contributed by atoms with Crippen LogP contribution >= 0.6 is 0 Å². The van der Waals surface area contributed by atoms with Gasteiger partial charge in [-0.15, -0.1) is 0 Å². The highest BCUT2D eigenvalue weighted by molar-refractivity contribution is 6.38. The van der Waals surface area contributed by atoms with Gasteiger partial charge in [0.25, 0.3) is 11.8 Å². The van der Waals surface area contributed by atoms with Crippen LogP contribution in [0.2, 0.25) is 0 Å². The number of piperidine rings is 1. The smallest absolute Gasteiger partial charge is 0.330 e. The van der Waals surface area contributed by atoms with Crippen molar-refractivity contribution in [3.05, 3.63) is 102 Å². The number of aryl methyl sites for hydroxylation is 1. The molecule has 21 heteroatoms. The number of fused-ring (bicyclic) bond motifs is 3. The second-order valence-electron chi connectivity index (χ2n) is 23.4. The molecule has 21 nitrogen and oxygen atoms in total.